The molecule has 1 fully saturated rings. The number of benzene rings is 1. The third-order valence-corrected chi connectivity index (χ3v) is 4.06. The maximum atomic E-state index is 13.2. The third kappa shape index (κ3) is 2.54. The van der Waals surface area contributed by atoms with Gasteiger partial charge in [0.25, 0.3) is 0 Å². The zero-order valence-corrected chi connectivity index (χ0v) is 11.9. The van der Waals surface area contributed by atoms with Gasteiger partial charge >= 0.3 is 6.18 Å². The summed E-state index contributed by atoms with van der Waals surface area (Å²) in [7, 11) is 0. The molecule has 0 saturated carbocycles. The minimum absolute atomic E-state index is 0. The fourth-order valence-electron chi connectivity index (χ4n) is 3.04. The molecule has 2 atom stereocenters. The van der Waals surface area contributed by atoms with Gasteiger partial charge in [0.15, 0.2) is 0 Å². The van der Waals surface area contributed by atoms with Crippen molar-refractivity contribution in [3.8, 4) is 0 Å². The van der Waals surface area contributed by atoms with Crippen LogP contribution in [0.4, 0.5) is 13.2 Å². The van der Waals surface area contributed by atoms with E-state index in [1.807, 2.05) is 13.0 Å². The standard InChI is InChI=1S/C14H16F3NO.ClH/c1-2-8-3-9-10-5-18-6-13(10)19-7-11(9)12(4-8)14(15,16)17;/h3-4,10,13,18H,2,5-7H2,1H3;1H. The number of aryl methyl sites for hydroxylation is 1. The van der Waals surface area contributed by atoms with Gasteiger partial charge in [-0.2, -0.15) is 13.2 Å². The van der Waals surface area contributed by atoms with Gasteiger partial charge in [0, 0.05) is 19.0 Å². The minimum Gasteiger partial charge on any atom is -0.372 e. The van der Waals surface area contributed by atoms with Crippen molar-refractivity contribution >= 4 is 12.4 Å². The van der Waals surface area contributed by atoms with Gasteiger partial charge in [-0.15, -0.1) is 12.4 Å². The minimum atomic E-state index is -4.31. The topological polar surface area (TPSA) is 21.3 Å². The van der Waals surface area contributed by atoms with E-state index in [9.17, 15) is 13.2 Å². The Hall–Kier alpha value is -0.780. The van der Waals surface area contributed by atoms with Crippen LogP contribution in [0.2, 0.25) is 0 Å². The molecule has 1 aromatic rings. The van der Waals surface area contributed by atoms with Gasteiger partial charge in [-0.05, 0) is 29.2 Å². The molecular formula is C14H17ClF3NO. The van der Waals surface area contributed by atoms with E-state index >= 15 is 0 Å². The van der Waals surface area contributed by atoms with E-state index in [2.05, 4.69) is 5.32 Å². The zero-order valence-electron chi connectivity index (χ0n) is 11.1. The SMILES string of the molecule is CCc1cc2c(c(C(F)(F)F)c1)COC1CNCC21.Cl. The van der Waals surface area contributed by atoms with E-state index in [1.165, 1.54) is 6.07 Å². The zero-order chi connectivity index (χ0) is 13.6. The number of fused-ring (bicyclic) bond motifs is 3. The maximum absolute atomic E-state index is 13.2. The number of hydrogen-bond acceptors (Lipinski definition) is 2. The van der Waals surface area contributed by atoms with Crippen LogP contribution < -0.4 is 5.32 Å². The van der Waals surface area contributed by atoms with Gasteiger partial charge in [0.05, 0.1) is 18.3 Å². The molecule has 3 rings (SSSR count). The van der Waals surface area contributed by atoms with Crippen molar-refractivity contribution in [1.82, 2.24) is 5.32 Å². The van der Waals surface area contributed by atoms with Crippen molar-refractivity contribution in [2.45, 2.75) is 38.1 Å². The summed E-state index contributed by atoms with van der Waals surface area (Å²) in [6.45, 7) is 3.37. The number of halogens is 4. The van der Waals surface area contributed by atoms with Gasteiger partial charge in [-0.25, -0.2) is 0 Å². The lowest BCUT2D eigenvalue weighted by molar-refractivity contribution is -0.139. The lowest BCUT2D eigenvalue weighted by Crippen LogP contribution is -2.29. The fraction of sp³-hybridized carbons (Fsp3) is 0.571. The summed E-state index contributed by atoms with van der Waals surface area (Å²) in [6, 6.07) is 3.20. The highest BCUT2D eigenvalue weighted by Crippen LogP contribution is 2.41. The first-order valence-corrected chi connectivity index (χ1v) is 6.56. The van der Waals surface area contributed by atoms with Crippen LogP contribution in [0.3, 0.4) is 0 Å². The molecule has 0 radical (unpaired) electrons. The molecule has 0 bridgehead atoms. The summed E-state index contributed by atoms with van der Waals surface area (Å²) < 4.78 is 45.1. The third-order valence-electron chi connectivity index (χ3n) is 4.06. The smallest absolute Gasteiger partial charge is 0.372 e. The second-order valence-electron chi connectivity index (χ2n) is 5.18. The predicted octanol–water partition coefficient (Wildman–Crippen LogP) is 3.28. The molecule has 0 amide bonds. The summed E-state index contributed by atoms with van der Waals surface area (Å²) in [5, 5.41) is 3.19. The van der Waals surface area contributed by atoms with Crippen LogP contribution in [0.1, 0.15) is 35.1 Å². The van der Waals surface area contributed by atoms with Gasteiger partial charge in [0.1, 0.15) is 0 Å². The lowest BCUT2D eigenvalue weighted by atomic mass is 9.85. The molecule has 2 unspecified atom stereocenters. The molecule has 1 saturated heterocycles. The number of nitrogens with one attached hydrogen (secondary N) is 1. The average molecular weight is 308 g/mol. The molecule has 1 aromatic carbocycles. The van der Waals surface area contributed by atoms with E-state index in [0.29, 0.717) is 18.5 Å². The highest BCUT2D eigenvalue weighted by atomic mass is 35.5. The summed E-state index contributed by atoms with van der Waals surface area (Å²) in [5.41, 5.74) is 1.38. The van der Waals surface area contributed by atoms with Crippen LogP contribution in [0.25, 0.3) is 0 Å². The van der Waals surface area contributed by atoms with Crippen molar-refractivity contribution in [3.05, 3.63) is 34.4 Å². The molecule has 112 valence electrons. The summed E-state index contributed by atoms with van der Waals surface area (Å²) in [6.07, 6.45) is -3.68. The Morgan fingerprint density at radius 3 is 2.70 bits per heavy atom. The lowest BCUT2D eigenvalue weighted by Gasteiger charge is -2.30. The van der Waals surface area contributed by atoms with Crippen molar-refractivity contribution in [1.29, 1.82) is 0 Å². The Kier molecular flexibility index (Phi) is 4.33. The molecule has 0 aromatic heterocycles. The number of ether oxygens (including phenoxy) is 1. The molecule has 2 nitrogen and oxygen atoms in total. The Morgan fingerprint density at radius 2 is 2.05 bits per heavy atom. The number of alkyl halides is 3. The van der Waals surface area contributed by atoms with Crippen molar-refractivity contribution in [2.24, 2.45) is 0 Å². The Labute approximate surface area is 122 Å². The van der Waals surface area contributed by atoms with Gasteiger partial charge in [0.2, 0.25) is 0 Å². The molecule has 20 heavy (non-hydrogen) atoms. The highest BCUT2D eigenvalue weighted by Gasteiger charge is 2.41. The summed E-state index contributed by atoms with van der Waals surface area (Å²) in [5.74, 6) is 0.0522. The Balaban J connectivity index is 0.00000147. The van der Waals surface area contributed by atoms with Crippen LogP contribution in [-0.4, -0.2) is 19.2 Å². The molecule has 2 heterocycles. The summed E-state index contributed by atoms with van der Waals surface area (Å²) >= 11 is 0. The van der Waals surface area contributed by atoms with Crippen LogP contribution in [0.5, 0.6) is 0 Å². The first kappa shape index (κ1) is 15.6. The van der Waals surface area contributed by atoms with E-state index in [0.717, 1.165) is 17.7 Å². The normalized spacial score (nSPS) is 24.8. The summed E-state index contributed by atoms with van der Waals surface area (Å²) in [4.78, 5) is 0. The molecule has 1 N–H and O–H groups in total. The van der Waals surface area contributed by atoms with Crippen LogP contribution in [0, 0.1) is 0 Å². The van der Waals surface area contributed by atoms with Crippen molar-refractivity contribution in [2.75, 3.05) is 13.1 Å². The quantitative estimate of drug-likeness (QED) is 0.860. The second-order valence-corrected chi connectivity index (χ2v) is 5.18. The predicted molar refractivity (Wildman–Crippen MR) is 72.3 cm³/mol. The first-order valence-electron chi connectivity index (χ1n) is 6.56. The van der Waals surface area contributed by atoms with Crippen molar-refractivity contribution in [3.63, 3.8) is 0 Å². The highest BCUT2D eigenvalue weighted by molar-refractivity contribution is 5.85. The Bertz CT molecular complexity index is 504. The number of rotatable bonds is 1. The van der Waals surface area contributed by atoms with E-state index < -0.39 is 11.7 Å². The van der Waals surface area contributed by atoms with E-state index in [1.54, 1.807) is 0 Å². The van der Waals surface area contributed by atoms with E-state index in [4.69, 9.17) is 4.74 Å². The molecule has 2 aliphatic heterocycles. The molecular weight excluding hydrogens is 291 g/mol. The van der Waals surface area contributed by atoms with Crippen molar-refractivity contribution < 1.29 is 17.9 Å². The fourth-order valence-corrected chi connectivity index (χ4v) is 3.04. The molecule has 6 heteroatoms. The maximum Gasteiger partial charge on any atom is 0.416 e. The van der Waals surface area contributed by atoms with Gasteiger partial charge in [-0.3, -0.25) is 0 Å². The molecule has 0 spiro atoms. The molecule has 2 aliphatic rings. The van der Waals surface area contributed by atoms with Crippen LogP contribution in [-0.2, 0) is 23.9 Å². The largest absolute Gasteiger partial charge is 0.416 e. The first-order chi connectivity index (χ1) is 9.00. The van der Waals surface area contributed by atoms with Gasteiger partial charge in [-0.1, -0.05) is 13.0 Å². The second kappa shape index (κ2) is 5.54. The van der Waals surface area contributed by atoms with Crippen LogP contribution >= 0.6 is 12.4 Å². The average Bonchev–Trinajstić information content (AvgIpc) is 2.84. The Morgan fingerprint density at radius 1 is 1.30 bits per heavy atom. The monoisotopic (exact) mass is 307 g/mol. The van der Waals surface area contributed by atoms with E-state index in [-0.39, 0.29) is 31.0 Å². The number of hydrogen-bond donors (Lipinski definition) is 1. The molecule has 0 aliphatic carbocycles. The van der Waals surface area contributed by atoms with Crippen LogP contribution in [0.15, 0.2) is 12.1 Å². The van der Waals surface area contributed by atoms with Gasteiger partial charge < -0.3 is 10.1 Å².